The highest BCUT2D eigenvalue weighted by atomic mass is 16.5. The number of hydrogen-bond donors (Lipinski definition) is 8. The number of aryl methyl sites for hydroxylation is 8. The van der Waals surface area contributed by atoms with Gasteiger partial charge in [-0.05, 0) is 220 Å². The molecule has 16 heterocycles. The van der Waals surface area contributed by atoms with Crippen molar-refractivity contribution in [3.05, 3.63) is 352 Å². The molecule has 0 radical (unpaired) electrons. The predicted molar refractivity (Wildman–Crippen MR) is 483 cm³/mol. The van der Waals surface area contributed by atoms with Crippen molar-refractivity contribution in [2.24, 2.45) is 0 Å². The van der Waals surface area contributed by atoms with E-state index >= 15 is 0 Å². The van der Waals surface area contributed by atoms with Crippen molar-refractivity contribution in [2.45, 2.75) is 153 Å². The van der Waals surface area contributed by atoms with Gasteiger partial charge in [-0.25, -0.2) is 39.9 Å². The van der Waals surface area contributed by atoms with Gasteiger partial charge in [-0.1, -0.05) is 38.8 Å². The zero-order valence-electron chi connectivity index (χ0n) is 73.0. The van der Waals surface area contributed by atoms with Crippen LogP contribution < -0.4 is 0 Å². The molecule has 0 saturated heterocycles. The number of aromatic amines is 4. The van der Waals surface area contributed by atoms with Crippen molar-refractivity contribution in [1.82, 2.24) is 125 Å². The number of rotatable bonds is 20. The van der Waals surface area contributed by atoms with Gasteiger partial charge in [0, 0.05) is 154 Å². The third-order valence-electron chi connectivity index (χ3n) is 24.9. The van der Waals surface area contributed by atoms with Crippen molar-refractivity contribution >= 4 is 44.1 Å². The predicted octanol–water partition coefficient (Wildman–Crippen LogP) is 16.1. The molecule has 0 amide bonds. The molecular formula is C99H87N25O8. The van der Waals surface area contributed by atoms with Gasteiger partial charge in [-0.2, -0.15) is 0 Å². The minimum absolute atomic E-state index is 0.233. The minimum atomic E-state index is -1.73. The maximum Gasteiger partial charge on any atom is 0.194 e. The van der Waals surface area contributed by atoms with Crippen LogP contribution in [-0.2, 0) is 22.4 Å². The first-order chi connectivity index (χ1) is 64.2. The molecule has 4 aliphatic rings. The average molecular weight is 1750 g/mol. The van der Waals surface area contributed by atoms with Crippen LogP contribution in [0.3, 0.4) is 0 Å². The Labute approximate surface area is 752 Å². The van der Waals surface area contributed by atoms with Gasteiger partial charge in [0.25, 0.3) is 0 Å². The quantitative estimate of drug-likeness (QED) is 0.0351. The molecule has 20 aromatic rings. The molecule has 3 atom stereocenters. The summed E-state index contributed by atoms with van der Waals surface area (Å²) in [5, 5.41) is 66.0. The van der Waals surface area contributed by atoms with Crippen LogP contribution in [0.4, 0.5) is 0 Å². The van der Waals surface area contributed by atoms with Crippen LogP contribution in [-0.4, -0.2) is 146 Å². The highest BCUT2D eigenvalue weighted by molar-refractivity contribution is 5.92. The summed E-state index contributed by atoms with van der Waals surface area (Å²) < 4.78 is 21.7. The molecule has 33 heteroatoms. The van der Waals surface area contributed by atoms with E-state index in [1.54, 1.807) is 111 Å². The fourth-order valence-corrected chi connectivity index (χ4v) is 17.8. The summed E-state index contributed by atoms with van der Waals surface area (Å²) in [6.45, 7) is 15.2. The van der Waals surface area contributed by atoms with E-state index < -0.39 is 22.4 Å². The number of hydrogen-bond acceptors (Lipinski definition) is 29. The zero-order chi connectivity index (χ0) is 90.3. The van der Waals surface area contributed by atoms with Crippen LogP contribution in [0, 0.1) is 55.4 Å². The summed E-state index contributed by atoms with van der Waals surface area (Å²) in [5.41, 5.74) is 14.6. The average Bonchev–Trinajstić information content (AvgIpc) is 1.51. The van der Waals surface area contributed by atoms with Gasteiger partial charge >= 0.3 is 0 Å². The Morgan fingerprint density at radius 2 is 0.568 bits per heavy atom. The zero-order valence-corrected chi connectivity index (χ0v) is 73.0. The maximum atomic E-state index is 12.4. The largest absolute Gasteiger partial charge is 0.374 e. The lowest BCUT2D eigenvalue weighted by Crippen LogP contribution is -2.32. The van der Waals surface area contributed by atoms with E-state index in [1.807, 2.05) is 140 Å². The lowest BCUT2D eigenvalue weighted by atomic mass is 9.82. The Morgan fingerprint density at radius 3 is 0.848 bits per heavy atom. The molecule has 132 heavy (non-hydrogen) atoms. The van der Waals surface area contributed by atoms with E-state index in [0.717, 1.165) is 164 Å². The van der Waals surface area contributed by atoms with Crippen molar-refractivity contribution in [2.75, 3.05) is 0 Å². The molecule has 656 valence electrons. The second-order valence-corrected chi connectivity index (χ2v) is 34.0. The highest BCUT2D eigenvalue weighted by Crippen LogP contribution is 2.51. The van der Waals surface area contributed by atoms with E-state index in [2.05, 4.69) is 105 Å². The number of fused-ring (bicyclic) bond motifs is 4. The number of aromatic nitrogens is 25. The molecule has 0 bridgehead atoms. The van der Waals surface area contributed by atoms with Gasteiger partial charge in [-0.15, -0.1) is 0 Å². The van der Waals surface area contributed by atoms with Crippen LogP contribution in [0.25, 0.3) is 88.6 Å². The van der Waals surface area contributed by atoms with Crippen LogP contribution in [0.2, 0.25) is 0 Å². The lowest BCUT2D eigenvalue weighted by Gasteiger charge is -2.29. The molecule has 3 unspecified atom stereocenters. The molecule has 8 N–H and O–H groups in total. The molecular weight excluding hydrogens is 1670 g/mol. The number of nitrogens with zero attached hydrogens (tertiary/aromatic N) is 21. The first-order valence-electron chi connectivity index (χ1n) is 43.6. The summed E-state index contributed by atoms with van der Waals surface area (Å²) in [5.74, 6) is 8.46. The molecule has 33 nitrogen and oxygen atoms in total. The van der Waals surface area contributed by atoms with Gasteiger partial charge < -0.3 is 58.5 Å². The number of H-pyrrole nitrogens is 4. The number of pyridine rings is 3. The molecule has 24 rings (SSSR count). The molecule has 4 fully saturated rings. The molecule has 4 saturated carbocycles. The standard InChI is InChI=1S/3C25H22N6O2.C24H21N7O2/c1-14-21(15(2)33-31-14)17-12-18(22-19(13-17)29-23(30-22)16-7-8-16)25(32,20-6-3-4-9-26-20)24-27-10-5-11-28-24;1-14-22(15(2)33-31-14)17-9-19(23-20(10-17)29-24(30-23)16-6-7-16)25(32,18-11-26-13-27-12-18)21-5-3-4-8-28-21;1-14-22(15(2)33-31-14)17-11-18(23-19(12-17)29-24(30-23)16-6-7-16)25(32,20-5-3-4-8-27-20)21-13-26-9-10-28-21;1-13-21(14(2)33-31-13)16-9-17(22-18(10-16)29-23(30-22)15-3-4-15)24(32,19-11-25-5-7-27-19)20-12-26-6-8-28-20/h3-6,9-13,16,32H,7-8H2,1-2H3,(H,29,30);2*3-5,8-13,16,32H,6-7H2,1-2H3,(H,29,30);5-12,15,32H,3-4H2,1-2H3,(H,29,30). The monoisotopic (exact) mass is 1750 g/mol. The third-order valence-corrected chi connectivity index (χ3v) is 24.9. The van der Waals surface area contributed by atoms with Crippen LogP contribution in [0.1, 0.15) is 212 Å². The van der Waals surface area contributed by atoms with E-state index in [-0.39, 0.29) is 5.82 Å². The summed E-state index contributed by atoms with van der Waals surface area (Å²) >= 11 is 0. The summed E-state index contributed by atoms with van der Waals surface area (Å²) in [4.78, 5) is 90.3. The molecule has 4 aromatic carbocycles. The normalized spacial score (nSPS) is 15.2. The van der Waals surface area contributed by atoms with Gasteiger partial charge in [-0.3, -0.25) is 44.9 Å². The van der Waals surface area contributed by atoms with Crippen molar-refractivity contribution in [1.29, 1.82) is 0 Å². The van der Waals surface area contributed by atoms with E-state index in [4.69, 9.17) is 38.0 Å². The van der Waals surface area contributed by atoms with Crippen molar-refractivity contribution in [3.63, 3.8) is 0 Å². The third kappa shape index (κ3) is 15.0. The van der Waals surface area contributed by atoms with Gasteiger partial charge in [0.1, 0.15) is 69.7 Å². The van der Waals surface area contributed by atoms with Crippen LogP contribution in [0.5, 0.6) is 0 Å². The topological polar surface area (TPSA) is 467 Å². The van der Waals surface area contributed by atoms with Gasteiger partial charge in [0.15, 0.2) is 28.2 Å². The fraction of sp³-hybridized carbons (Fsp3) is 0.242. The number of nitrogens with one attached hydrogen (secondary N) is 4. The SMILES string of the molecule is Cc1noc(C)c1-c1cc(C(O)(c2ccccn2)c2cnccn2)c2nc(C3CC3)[nH]c2c1.Cc1noc(C)c1-c1cc(C(O)(c2ccccn2)c2ncccn2)c2nc(C3CC3)[nH]c2c1.Cc1noc(C)c1-c1cc(C(O)(c2cnccn2)c2cnccn2)c2nc(C3CC3)[nH]c2c1.Cc1noc(C)c1-c1cc(C(O)(c2cncnc2)c2ccccn2)c2nc(C3CC3)[nH]c2c1. The Bertz CT molecular complexity index is 6490. The maximum absolute atomic E-state index is 12.4. The van der Waals surface area contributed by atoms with Crippen molar-refractivity contribution in [3.8, 4) is 44.5 Å². The van der Waals surface area contributed by atoms with Crippen LogP contribution >= 0.6 is 0 Å². The summed E-state index contributed by atoms with van der Waals surface area (Å²) in [6, 6.07) is 34.0. The number of benzene rings is 4. The Balaban J connectivity index is 0.000000106. The Morgan fingerprint density at radius 1 is 0.288 bits per heavy atom. The van der Waals surface area contributed by atoms with E-state index in [1.165, 1.54) is 18.7 Å². The number of imidazole rings is 4. The second kappa shape index (κ2) is 33.4. The molecule has 16 aromatic heterocycles. The van der Waals surface area contributed by atoms with E-state index in [0.29, 0.717) is 131 Å². The molecule has 4 aliphatic carbocycles. The van der Waals surface area contributed by atoms with Crippen molar-refractivity contribution < 1.29 is 38.5 Å². The Hall–Kier alpha value is -15.7. The summed E-state index contributed by atoms with van der Waals surface area (Å²) in [6.07, 6.45) is 35.8. The molecule has 0 spiro atoms. The van der Waals surface area contributed by atoms with Crippen LogP contribution in [0.15, 0.2) is 233 Å². The fourth-order valence-electron chi connectivity index (χ4n) is 17.8. The lowest BCUT2D eigenvalue weighted by molar-refractivity contribution is 0.112. The second-order valence-electron chi connectivity index (χ2n) is 34.0. The number of aliphatic hydroxyl groups is 4. The highest BCUT2D eigenvalue weighted by Gasteiger charge is 2.47. The first-order valence-corrected chi connectivity index (χ1v) is 43.6. The summed E-state index contributed by atoms with van der Waals surface area (Å²) in [7, 11) is 0. The minimum Gasteiger partial charge on any atom is -0.374 e. The van der Waals surface area contributed by atoms with Gasteiger partial charge in [0.05, 0.1) is 103 Å². The smallest absolute Gasteiger partial charge is 0.194 e. The van der Waals surface area contributed by atoms with Gasteiger partial charge in [0.2, 0.25) is 0 Å². The van der Waals surface area contributed by atoms with E-state index in [9.17, 15) is 20.4 Å². The first kappa shape index (κ1) is 83.2. The molecule has 0 aliphatic heterocycles. The Kier molecular flexibility index (Phi) is 21.1.